The number of benzene rings is 1. The summed E-state index contributed by atoms with van der Waals surface area (Å²) in [6.07, 6.45) is 2.98. The maximum atomic E-state index is 13.5. The molecule has 29 heavy (non-hydrogen) atoms. The van der Waals surface area contributed by atoms with Crippen LogP contribution in [0.3, 0.4) is 0 Å². The first-order valence-corrected chi connectivity index (χ1v) is 13.1. The topological polar surface area (TPSA) is 55.8 Å². The van der Waals surface area contributed by atoms with Gasteiger partial charge in [0.1, 0.15) is 11.5 Å². The highest BCUT2D eigenvalue weighted by atomic mass is 28.4. The van der Waals surface area contributed by atoms with Crippen molar-refractivity contribution >= 4 is 20.5 Å². The minimum Gasteiger partial charge on any atom is -0.543 e. The van der Waals surface area contributed by atoms with Gasteiger partial charge in [-0.15, -0.1) is 6.58 Å². The number of rotatable bonds is 9. The standard InChI is InChI=1S/C23H37NO4Si/c1-11-14-17-20(27-8)16(4)18(15-25)19(22(26)24(12-2)13-3)21(17)28-29(9,10)23(5,6)7/h11,15H,1,12-14H2,2-10H3. The molecule has 0 aromatic heterocycles. The Kier molecular flexibility index (Phi) is 8.27. The van der Waals surface area contributed by atoms with Crippen molar-refractivity contribution in [2.24, 2.45) is 0 Å². The molecule has 6 heteroatoms. The molecule has 1 amide bonds. The Balaban J connectivity index is 4.03. The summed E-state index contributed by atoms with van der Waals surface area (Å²) in [5.41, 5.74) is 2.09. The fourth-order valence-corrected chi connectivity index (χ4v) is 4.11. The summed E-state index contributed by atoms with van der Waals surface area (Å²) in [5.74, 6) is 0.858. The second kappa shape index (κ2) is 9.61. The highest BCUT2D eigenvalue weighted by molar-refractivity contribution is 6.74. The van der Waals surface area contributed by atoms with Gasteiger partial charge in [0.2, 0.25) is 0 Å². The van der Waals surface area contributed by atoms with E-state index in [9.17, 15) is 9.59 Å². The molecule has 0 aliphatic carbocycles. The van der Waals surface area contributed by atoms with Crippen molar-refractivity contribution in [3.05, 3.63) is 34.9 Å². The van der Waals surface area contributed by atoms with Crippen molar-refractivity contribution in [2.45, 2.75) is 66.1 Å². The van der Waals surface area contributed by atoms with Gasteiger partial charge in [-0.1, -0.05) is 26.8 Å². The molecule has 162 valence electrons. The lowest BCUT2D eigenvalue weighted by atomic mass is 9.93. The average Bonchev–Trinajstić information content (AvgIpc) is 2.63. The van der Waals surface area contributed by atoms with E-state index in [1.165, 1.54) is 0 Å². The molecule has 0 saturated carbocycles. The van der Waals surface area contributed by atoms with Gasteiger partial charge in [0, 0.05) is 29.8 Å². The molecule has 0 aliphatic rings. The highest BCUT2D eigenvalue weighted by Crippen LogP contribution is 2.44. The maximum Gasteiger partial charge on any atom is 0.258 e. The number of allylic oxidation sites excluding steroid dienone is 1. The molecule has 0 radical (unpaired) electrons. The average molecular weight is 420 g/mol. The van der Waals surface area contributed by atoms with E-state index in [0.717, 1.165) is 11.8 Å². The zero-order chi connectivity index (χ0) is 22.6. The van der Waals surface area contributed by atoms with E-state index in [2.05, 4.69) is 40.4 Å². The summed E-state index contributed by atoms with van der Waals surface area (Å²) in [7, 11) is -0.729. The minimum absolute atomic E-state index is 0.0760. The van der Waals surface area contributed by atoms with E-state index >= 15 is 0 Å². The van der Waals surface area contributed by atoms with Crippen LogP contribution in [0.1, 0.15) is 66.5 Å². The molecule has 0 unspecified atom stereocenters. The first-order valence-electron chi connectivity index (χ1n) is 10.2. The number of methoxy groups -OCH3 is 1. The third kappa shape index (κ3) is 4.92. The number of aldehydes is 1. The van der Waals surface area contributed by atoms with Crippen LogP contribution in [0, 0.1) is 6.92 Å². The predicted molar refractivity (Wildman–Crippen MR) is 122 cm³/mol. The van der Waals surface area contributed by atoms with Gasteiger partial charge >= 0.3 is 0 Å². The van der Waals surface area contributed by atoms with E-state index in [1.54, 1.807) is 18.1 Å². The third-order valence-electron chi connectivity index (χ3n) is 5.89. The van der Waals surface area contributed by atoms with Crippen LogP contribution in [-0.2, 0) is 6.42 Å². The highest BCUT2D eigenvalue weighted by Gasteiger charge is 2.41. The molecule has 0 atom stereocenters. The Bertz CT molecular complexity index is 774. The Morgan fingerprint density at radius 3 is 2.10 bits per heavy atom. The Morgan fingerprint density at radius 1 is 1.17 bits per heavy atom. The normalized spacial score (nSPS) is 11.8. The number of ether oxygens (including phenoxy) is 1. The lowest BCUT2D eigenvalue weighted by Gasteiger charge is -2.38. The summed E-state index contributed by atoms with van der Waals surface area (Å²) in [5, 5.41) is -0.0760. The maximum absolute atomic E-state index is 13.5. The molecular formula is C23H37NO4Si. The molecule has 0 fully saturated rings. The van der Waals surface area contributed by atoms with Gasteiger partial charge in [-0.3, -0.25) is 9.59 Å². The van der Waals surface area contributed by atoms with Gasteiger partial charge in [0.05, 0.1) is 12.7 Å². The van der Waals surface area contributed by atoms with Gasteiger partial charge in [-0.05, 0) is 45.3 Å². The van der Waals surface area contributed by atoms with Crippen LogP contribution in [0.5, 0.6) is 11.5 Å². The molecule has 5 nitrogen and oxygen atoms in total. The molecular weight excluding hydrogens is 382 g/mol. The van der Waals surface area contributed by atoms with Crippen molar-refractivity contribution in [1.29, 1.82) is 0 Å². The number of nitrogens with zero attached hydrogens (tertiary/aromatic N) is 1. The Hall–Kier alpha value is -2.08. The number of carbonyl (C=O) groups is 2. The summed E-state index contributed by atoms with van der Waals surface area (Å²) >= 11 is 0. The Morgan fingerprint density at radius 2 is 1.72 bits per heavy atom. The zero-order valence-electron chi connectivity index (χ0n) is 19.6. The molecule has 1 rings (SSSR count). The lowest BCUT2D eigenvalue weighted by molar-refractivity contribution is 0.0767. The van der Waals surface area contributed by atoms with Gasteiger partial charge in [0.25, 0.3) is 14.2 Å². The summed E-state index contributed by atoms with van der Waals surface area (Å²) in [6.45, 7) is 21.3. The van der Waals surface area contributed by atoms with Crippen LogP contribution in [0.25, 0.3) is 0 Å². The monoisotopic (exact) mass is 419 g/mol. The number of hydrogen-bond acceptors (Lipinski definition) is 4. The molecule has 0 heterocycles. The van der Waals surface area contributed by atoms with Gasteiger partial charge in [0.15, 0.2) is 6.29 Å². The van der Waals surface area contributed by atoms with Gasteiger partial charge in [-0.25, -0.2) is 0 Å². The molecule has 0 bridgehead atoms. The van der Waals surface area contributed by atoms with Crippen LogP contribution in [-0.4, -0.2) is 45.6 Å². The second-order valence-electron chi connectivity index (χ2n) is 8.71. The fraction of sp³-hybridized carbons (Fsp3) is 0.565. The molecule has 0 N–H and O–H groups in total. The van der Waals surface area contributed by atoms with Crippen LogP contribution < -0.4 is 9.16 Å². The molecule has 0 aliphatic heterocycles. The van der Waals surface area contributed by atoms with Crippen molar-refractivity contribution in [2.75, 3.05) is 20.2 Å². The van der Waals surface area contributed by atoms with E-state index in [1.807, 2.05) is 20.8 Å². The van der Waals surface area contributed by atoms with Gasteiger partial charge < -0.3 is 14.1 Å². The van der Waals surface area contributed by atoms with Crippen molar-refractivity contribution in [1.82, 2.24) is 4.90 Å². The first-order chi connectivity index (χ1) is 13.4. The molecule has 1 aromatic rings. The summed E-state index contributed by atoms with van der Waals surface area (Å²) < 4.78 is 12.3. The predicted octanol–water partition coefficient (Wildman–Crippen LogP) is 5.41. The van der Waals surface area contributed by atoms with Crippen LogP contribution >= 0.6 is 0 Å². The van der Waals surface area contributed by atoms with E-state index in [4.69, 9.17) is 9.16 Å². The second-order valence-corrected chi connectivity index (χ2v) is 13.4. The zero-order valence-corrected chi connectivity index (χ0v) is 20.6. The van der Waals surface area contributed by atoms with Crippen molar-refractivity contribution in [3.8, 4) is 11.5 Å². The third-order valence-corrected chi connectivity index (χ3v) is 10.2. The SMILES string of the molecule is C=CCc1c(OC)c(C)c(C=O)c(C(=O)N(CC)CC)c1O[Si](C)(C)C(C)(C)C. The van der Waals surface area contributed by atoms with E-state index in [0.29, 0.717) is 47.7 Å². The fourth-order valence-electron chi connectivity index (χ4n) is 3.07. The van der Waals surface area contributed by atoms with E-state index < -0.39 is 8.32 Å². The smallest absolute Gasteiger partial charge is 0.258 e. The van der Waals surface area contributed by atoms with Crippen LogP contribution in [0.15, 0.2) is 12.7 Å². The minimum atomic E-state index is -2.30. The van der Waals surface area contributed by atoms with Gasteiger partial charge in [-0.2, -0.15) is 0 Å². The first kappa shape index (κ1) is 25.0. The van der Waals surface area contributed by atoms with Crippen molar-refractivity contribution < 1.29 is 18.8 Å². The number of hydrogen-bond donors (Lipinski definition) is 0. The van der Waals surface area contributed by atoms with Crippen molar-refractivity contribution in [3.63, 3.8) is 0 Å². The summed E-state index contributed by atoms with van der Waals surface area (Å²) in [6, 6.07) is 0. The number of amides is 1. The quantitative estimate of drug-likeness (QED) is 0.305. The molecule has 0 spiro atoms. The largest absolute Gasteiger partial charge is 0.543 e. The molecule has 1 aromatic carbocycles. The molecule has 0 saturated heterocycles. The summed E-state index contributed by atoms with van der Waals surface area (Å²) in [4.78, 5) is 27.3. The van der Waals surface area contributed by atoms with E-state index in [-0.39, 0.29) is 10.9 Å². The number of carbonyl (C=O) groups excluding carboxylic acids is 2. The van der Waals surface area contributed by atoms with Crippen LogP contribution in [0.4, 0.5) is 0 Å². The van der Waals surface area contributed by atoms with Crippen LogP contribution in [0.2, 0.25) is 18.1 Å². The lowest BCUT2D eigenvalue weighted by Crippen LogP contribution is -2.45. The Labute approximate surface area is 177 Å².